The number of carbonyl (C=O) groups excluding carboxylic acids is 1. The summed E-state index contributed by atoms with van der Waals surface area (Å²) < 4.78 is 5.36. The maximum absolute atomic E-state index is 12.1. The molecule has 0 radical (unpaired) electrons. The molecule has 1 aromatic carbocycles. The van der Waals surface area contributed by atoms with Gasteiger partial charge in [-0.1, -0.05) is 32.4 Å². The highest BCUT2D eigenvalue weighted by Crippen LogP contribution is 2.13. The summed E-state index contributed by atoms with van der Waals surface area (Å²) >= 11 is 0. The maximum Gasteiger partial charge on any atom is 0.241 e. The number of hydrogen-bond donors (Lipinski definition) is 2. The average Bonchev–Trinajstić information content (AvgIpc) is 2.60. The van der Waals surface area contributed by atoms with Crippen LogP contribution in [0.4, 0.5) is 5.69 Å². The van der Waals surface area contributed by atoms with E-state index < -0.39 is 6.04 Å². The Bertz CT molecular complexity index is 484. The number of morpholine rings is 1. The van der Waals surface area contributed by atoms with Gasteiger partial charge in [0.1, 0.15) is 0 Å². The summed E-state index contributed by atoms with van der Waals surface area (Å²) in [7, 11) is 0. The molecule has 1 fully saturated rings. The molecule has 2 rings (SSSR count). The van der Waals surface area contributed by atoms with Crippen molar-refractivity contribution in [3.8, 4) is 0 Å². The number of anilines is 1. The third-order valence-corrected chi connectivity index (χ3v) is 4.60. The zero-order valence-corrected chi connectivity index (χ0v) is 14.3. The van der Waals surface area contributed by atoms with E-state index in [9.17, 15) is 4.79 Å². The molecule has 128 valence electrons. The fourth-order valence-corrected chi connectivity index (χ4v) is 2.60. The van der Waals surface area contributed by atoms with Gasteiger partial charge in [0.15, 0.2) is 0 Å². The van der Waals surface area contributed by atoms with Crippen LogP contribution >= 0.6 is 0 Å². The van der Waals surface area contributed by atoms with Gasteiger partial charge in [0.2, 0.25) is 5.91 Å². The lowest BCUT2D eigenvalue weighted by molar-refractivity contribution is -0.118. The molecule has 2 unspecified atom stereocenters. The van der Waals surface area contributed by atoms with E-state index in [1.807, 2.05) is 26.0 Å². The minimum Gasteiger partial charge on any atom is -0.379 e. The number of amides is 1. The molecule has 1 amide bonds. The van der Waals surface area contributed by atoms with E-state index in [1.165, 1.54) is 5.56 Å². The van der Waals surface area contributed by atoms with Crippen molar-refractivity contribution in [1.29, 1.82) is 0 Å². The number of nitrogens with two attached hydrogens (primary N) is 1. The van der Waals surface area contributed by atoms with Gasteiger partial charge in [-0.05, 0) is 30.0 Å². The van der Waals surface area contributed by atoms with E-state index in [1.54, 1.807) is 0 Å². The van der Waals surface area contributed by atoms with Crippen LogP contribution in [0.25, 0.3) is 0 Å². The highest BCUT2D eigenvalue weighted by atomic mass is 16.5. The first-order chi connectivity index (χ1) is 11.1. The van der Waals surface area contributed by atoms with E-state index >= 15 is 0 Å². The Morgan fingerprint density at radius 1 is 1.30 bits per heavy atom. The smallest absolute Gasteiger partial charge is 0.241 e. The first-order valence-corrected chi connectivity index (χ1v) is 8.55. The van der Waals surface area contributed by atoms with Crippen LogP contribution in [0.1, 0.15) is 25.8 Å². The molecule has 23 heavy (non-hydrogen) atoms. The summed E-state index contributed by atoms with van der Waals surface area (Å²) in [5.41, 5.74) is 8.04. The van der Waals surface area contributed by atoms with Crippen molar-refractivity contribution >= 4 is 11.6 Å². The lowest BCUT2D eigenvalue weighted by atomic mass is 9.99. The monoisotopic (exact) mass is 319 g/mol. The molecule has 1 aromatic rings. The van der Waals surface area contributed by atoms with Crippen LogP contribution in [0, 0.1) is 5.92 Å². The Hall–Kier alpha value is -1.43. The molecule has 1 heterocycles. The Balaban J connectivity index is 1.80. The molecular weight excluding hydrogens is 290 g/mol. The molecule has 1 aliphatic rings. The van der Waals surface area contributed by atoms with Crippen molar-refractivity contribution in [3.05, 3.63) is 29.8 Å². The molecule has 0 aliphatic carbocycles. The molecule has 5 heteroatoms. The van der Waals surface area contributed by atoms with Crippen LogP contribution in [-0.4, -0.2) is 49.7 Å². The molecule has 0 bridgehead atoms. The summed E-state index contributed by atoms with van der Waals surface area (Å²) in [6, 6.07) is 7.60. The van der Waals surface area contributed by atoms with Gasteiger partial charge in [0.05, 0.1) is 19.3 Å². The van der Waals surface area contributed by atoms with Gasteiger partial charge in [0.25, 0.3) is 0 Å². The largest absolute Gasteiger partial charge is 0.379 e. The molecule has 0 spiro atoms. The summed E-state index contributed by atoms with van der Waals surface area (Å²) in [5, 5.41) is 2.90. The molecule has 5 nitrogen and oxygen atoms in total. The lowest BCUT2D eigenvalue weighted by Crippen LogP contribution is -2.40. The SMILES string of the molecule is CCC(C)C(N)C(=O)Nc1ccc(CCN2CCOCC2)cc1. The number of hydrogen-bond acceptors (Lipinski definition) is 4. The van der Waals surface area contributed by atoms with E-state index in [0.29, 0.717) is 0 Å². The van der Waals surface area contributed by atoms with E-state index in [4.69, 9.17) is 10.5 Å². The predicted octanol–water partition coefficient (Wildman–Crippen LogP) is 1.87. The minimum atomic E-state index is -0.457. The van der Waals surface area contributed by atoms with Gasteiger partial charge in [-0.25, -0.2) is 0 Å². The van der Waals surface area contributed by atoms with Crippen molar-refractivity contribution in [2.24, 2.45) is 11.7 Å². The summed E-state index contributed by atoms with van der Waals surface area (Å²) in [6.07, 6.45) is 1.91. The fourth-order valence-electron chi connectivity index (χ4n) is 2.60. The Labute approximate surface area is 139 Å². The fraction of sp³-hybridized carbons (Fsp3) is 0.611. The standard InChI is InChI=1S/C18H29N3O2/c1-3-14(2)17(19)18(22)20-16-6-4-15(5-7-16)8-9-21-10-12-23-13-11-21/h4-7,14,17H,3,8-13,19H2,1-2H3,(H,20,22). The van der Waals surface area contributed by atoms with Gasteiger partial charge >= 0.3 is 0 Å². The molecule has 1 saturated heterocycles. The van der Waals surface area contributed by atoms with Crippen molar-refractivity contribution in [2.75, 3.05) is 38.2 Å². The van der Waals surface area contributed by atoms with Gasteiger partial charge < -0.3 is 15.8 Å². The van der Waals surface area contributed by atoms with Gasteiger partial charge in [-0.2, -0.15) is 0 Å². The Morgan fingerprint density at radius 3 is 2.57 bits per heavy atom. The normalized spacial score (nSPS) is 18.4. The summed E-state index contributed by atoms with van der Waals surface area (Å²) in [6.45, 7) is 8.79. The lowest BCUT2D eigenvalue weighted by Gasteiger charge is -2.26. The second-order valence-electron chi connectivity index (χ2n) is 6.30. The van der Waals surface area contributed by atoms with Crippen LogP contribution in [0.15, 0.2) is 24.3 Å². The van der Waals surface area contributed by atoms with Gasteiger partial charge in [0, 0.05) is 25.3 Å². The van der Waals surface area contributed by atoms with E-state index in [-0.39, 0.29) is 11.8 Å². The molecule has 0 saturated carbocycles. The van der Waals surface area contributed by atoms with Crippen molar-refractivity contribution in [1.82, 2.24) is 4.90 Å². The second-order valence-corrected chi connectivity index (χ2v) is 6.30. The first kappa shape index (κ1) is 17.9. The quantitative estimate of drug-likeness (QED) is 0.805. The number of nitrogens with one attached hydrogen (secondary N) is 1. The van der Waals surface area contributed by atoms with Gasteiger partial charge in [-0.15, -0.1) is 0 Å². The van der Waals surface area contributed by atoms with E-state index in [0.717, 1.165) is 51.4 Å². The van der Waals surface area contributed by atoms with E-state index in [2.05, 4.69) is 22.3 Å². The Morgan fingerprint density at radius 2 is 1.96 bits per heavy atom. The number of benzene rings is 1. The topological polar surface area (TPSA) is 67.6 Å². The first-order valence-electron chi connectivity index (χ1n) is 8.55. The predicted molar refractivity (Wildman–Crippen MR) is 93.5 cm³/mol. The molecule has 1 aliphatic heterocycles. The van der Waals surface area contributed by atoms with Crippen molar-refractivity contribution < 1.29 is 9.53 Å². The molecule has 3 N–H and O–H groups in total. The van der Waals surface area contributed by atoms with Crippen LogP contribution < -0.4 is 11.1 Å². The number of nitrogens with zero attached hydrogens (tertiary/aromatic N) is 1. The maximum atomic E-state index is 12.1. The molecular formula is C18H29N3O2. The van der Waals surface area contributed by atoms with Gasteiger partial charge in [-0.3, -0.25) is 9.69 Å². The minimum absolute atomic E-state index is 0.111. The zero-order valence-electron chi connectivity index (χ0n) is 14.3. The number of ether oxygens (including phenoxy) is 1. The average molecular weight is 319 g/mol. The number of carbonyl (C=O) groups is 1. The Kier molecular flexibility index (Phi) is 7.02. The summed E-state index contributed by atoms with van der Waals surface area (Å²) in [4.78, 5) is 14.5. The zero-order chi connectivity index (χ0) is 16.7. The van der Waals surface area contributed by atoms with Crippen LogP contribution in [0.3, 0.4) is 0 Å². The van der Waals surface area contributed by atoms with Crippen molar-refractivity contribution in [2.45, 2.75) is 32.7 Å². The molecule has 0 aromatic heterocycles. The third-order valence-electron chi connectivity index (χ3n) is 4.60. The highest BCUT2D eigenvalue weighted by molar-refractivity contribution is 5.94. The van der Waals surface area contributed by atoms with Crippen molar-refractivity contribution in [3.63, 3.8) is 0 Å². The third kappa shape index (κ3) is 5.61. The summed E-state index contributed by atoms with van der Waals surface area (Å²) in [5.74, 6) is 0.0724. The second kappa shape index (κ2) is 9.01. The van der Waals surface area contributed by atoms with Crippen LogP contribution in [-0.2, 0) is 16.0 Å². The highest BCUT2D eigenvalue weighted by Gasteiger charge is 2.19. The van der Waals surface area contributed by atoms with Crippen LogP contribution in [0.5, 0.6) is 0 Å². The van der Waals surface area contributed by atoms with Crippen LogP contribution in [0.2, 0.25) is 0 Å². The number of rotatable bonds is 7. The molecule has 2 atom stereocenters.